The average molecular weight is 529 g/mol. The molecule has 1 aromatic carbocycles. The maximum atomic E-state index is 14.8. The van der Waals surface area contributed by atoms with Crippen molar-refractivity contribution in [2.24, 2.45) is 13.0 Å². The van der Waals surface area contributed by atoms with Crippen molar-refractivity contribution in [3.63, 3.8) is 0 Å². The van der Waals surface area contributed by atoms with Crippen LogP contribution in [-0.4, -0.2) is 41.9 Å². The molecule has 1 N–H and O–H groups in total. The molecule has 1 aliphatic carbocycles. The second kappa shape index (κ2) is 8.18. The minimum atomic E-state index is -4.91. The first-order chi connectivity index (χ1) is 17.2. The lowest BCUT2D eigenvalue weighted by molar-refractivity contribution is -0.137. The van der Waals surface area contributed by atoms with Gasteiger partial charge in [-0.3, -0.25) is 4.68 Å². The Labute approximate surface area is 205 Å². The van der Waals surface area contributed by atoms with Crippen LogP contribution in [0.25, 0.3) is 11.4 Å². The number of urea groups is 1. The number of halogens is 6. The Kier molecular flexibility index (Phi) is 5.53. The zero-order chi connectivity index (χ0) is 26.9. The predicted octanol–water partition coefficient (Wildman–Crippen LogP) is 5.07. The fourth-order valence-corrected chi connectivity index (χ4v) is 5.26. The van der Waals surface area contributed by atoms with Gasteiger partial charge in [-0.1, -0.05) is 6.92 Å². The third kappa shape index (κ3) is 4.19. The van der Waals surface area contributed by atoms with Crippen LogP contribution in [0, 0.1) is 11.7 Å². The molecular formula is C22H21F6N7O2. The van der Waals surface area contributed by atoms with Gasteiger partial charge in [-0.05, 0) is 30.9 Å². The van der Waals surface area contributed by atoms with Crippen molar-refractivity contribution >= 4 is 11.7 Å². The van der Waals surface area contributed by atoms with Crippen LogP contribution in [0.15, 0.2) is 22.9 Å². The van der Waals surface area contributed by atoms with E-state index < -0.39 is 52.2 Å². The number of aryl methyl sites for hydroxylation is 1. The van der Waals surface area contributed by atoms with Crippen molar-refractivity contribution in [3.8, 4) is 11.4 Å². The summed E-state index contributed by atoms with van der Waals surface area (Å²) in [7, 11) is 1.45. The lowest BCUT2D eigenvalue weighted by atomic mass is 9.64. The summed E-state index contributed by atoms with van der Waals surface area (Å²) in [5, 5.41) is 13.4. The van der Waals surface area contributed by atoms with E-state index in [4.69, 9.17) is 4.42 Å². The van der Waals surface area contributed by atoms with Gasteiger partial charge in [0.1, 0.15) is 17.7 Å². The third-order valence-electron chi connectivity index (χ3n) is 6.67. The Morgan fingerprint density at radius 2 is 1.92 bits per heavy atom. The quantitative estimate of drug-likeness (QED) is 0.474. The normalized spacial score (nSPS) is 23.6. The van der Waals surface area contributed by atoms with Crippen LogP contribution in [0.4, 0.5) is 36.8 Å². The highest BCUT2D eigenvalue weighted by atomic mass is 19.4. The molecular weight excluding hydrogens is 508 g/mol. The van der Waals surface area contributed by atoms with Crippen LogP contribution in [0.1, 0.15) is 50.5 Å². The maximum absolute atomic E-state index is 14.8. The minimum absolute atomic E-state index is 0.0879. The van der Waals surface area contributed by atoms with Crippen LogP contribution >= 0.6 is 0 Å². The summed E-state index contributed by atoms with van der Waals surface area (Å²) in [6.45, 7) is 2.52. The van der Waals surface area contributed by atoms with Gasteiger partial charge < -0.3 is 14.6 Å². The number of benzene rings is 1. The highest BCUT2D eigenvalue weighted by molar-refractivity contribution is 5.92. The number of carbonyl (C=O) groups excluding carboxylic acids is 1. The Hall–Kier alpha value is -3.65. The van der Waals surface area contributed by atoms with E-state index in [9.17, 15) is 31.1 Å². The summed E-state index contributed by atoms with van der Waals surface area (Å²) in [4.78, 5) is 18.5. The molecule has 0 radical (unpaired) electrons. The van der Waals surface area contributed by atoms with Gasteiger partial charge in [0.05, 0.1) is 11.3 Å². The van der Waals surface area contributed by atoms with Crippen molar-refractivity contribution in [1.82, 2.24) is 29.9 Å². The topological polar surface area (TPSA) is 102 Å². The number of rotatable bonds is 4. The average Bonchev–Trinajstić information content (AvgIpc) is 3.43. The number of hydrogen-bond acceptors (Lipinski definition) is 6. The molecule has 0 spiro atoms. The number of carbonyl (C=O) groups is 1. The molecule has 3 aromatic rings. The number of nitrogens with zero attached hydrogens (tertiary/aromatic N) is 6. The number of fused-ring (bicyclic) bond motifs is 2. The van der Waals surface area contributed by atoms with Crippen molar-refractivity contribution in [3.05, 3.63) is 41.6 Å². The van der Waals surface area contributed by atoms with E-state index in [0.717, 1.165) is 6.07 Å². The molecule has 198 valence electrons. The number of amides is 2. The minimum Gasteiger partial charge on any atom is -0.417 e. The molecule has 0 unspecified atom stereocenters. The van der Waals surface area contributed by atoms with Crippen LogP contribution in [0.5, 0.6) is 0 Å². The van der Waals surface area contributed by atoms with Gasteiger partial charge in [-0.2, -0.15) is 27.1 Å². The van der Waals surface area contributed by atoms with E-state index in [2.05, 4.69) is 25.6 Å². The predicted molar refractivity (Wildman–Crippen MR) is 115 cm³/mol. The molecule has 3 atom stereocenters. The monoisotopic (exact) mass is 529 g/mol. The highest BCUT2D eigenvalue weighted by Gasteiger charge is 2.62. The zero-order valence-electron chi connectivity index (χ0n) is 19.8. The summed E-state index contributed by atoms with van der Waals surface area (Å²) < 4.78 is 89.6. The third-order valence-corrected chi connectivity index (χ3v) is 6.67. The lowest BCUT2D eigenvalue weighted by Crippen LogP contribution is -2.70. The van der Waals surface area contributed by atoms with Crippen molar-refractivity contribution in [2.75, 3.05) is 5.32 Å². The Morgan fingerprint density at radius 1 is 1.19 bits per heavy atom. The van der Waals surface area contributed by atoms with Crippen molar-refractivity contribution < 1.29 is 35.6 Å². The zero-order valence-corrected chi connectivity index (χ0v) is 19.8. The summed E-state index contributed by atoms with van der Waals surface area (Å²) in [6.07, 6.45) is -2.46. The van der Waals surface area contributed by atoms with E-state index in [1.165, 1.54) is 23.0 Å². The van der Waals surface area contributed by atoms with Gasteiger partial charge in [0.2, 0.25) is 5.89 Å². The van der Waals surface area contributed by atoms with Crippen LogP contribution in [-0.2, 0) is 24.7 Å². The molecule has 2 amide bonds. The molecule has 1 saturated carbocycles. The molecule has 2 saturated heterocycles. The molecule has 3 aliphatic rings. The second-order valence-electron chi connectivity index (χ2n) is 9.65. The fraction of sp³-hybridized carbons (Fsp3) is 0.500. The number of alkyl halides is 5. The second-order valence-corrected chi connectivity index (χ2v) is 9.65. The van der Waals surface area contributed by atoms with Gasteiger partial charge >= 0.3 is 18.1 Å². The van der Waals surface area contributed by atoms with Gasteiger partial charge in [0, 0.05) is 32.0 Å². The van der Waals surface area contributed by atoms with Gasteiger partial charge in [0.25, 0.3) is 5.89 Å². The number of hydrogen-bond donors (Lipinski definition) is 1. The number of piperidine rings is 1. The molecule has 3 fully saturated rings. The van der Waals surface area contributed by atoms with Crippen molar-refractivity contribution in [2.45, 2.75) is 56.8 Å². The van der Waals surface area contributed by atoms with Crippen LogP contribution in [0.2, 0.25) is 0 Å². The molecule has 15 heteroatoms. The standard InChI is InChI=1S/C22H21F6N7O2/c1-10-4-11-8-21(7-10,18-32-31-17(37-18)20(2,24)25)35(11)19(36)30-15-5-12(16-29-9-34(3)33-16)13(6-14(15)23)22(26,27)28/h5-6,9-11H,4,7-8H2,1-3H3,(H,30,36)/t10-,11-,21+/m1/s1. The summed E-state index contributed by atoms with van der Waals surface area (Å²) in [5.74, 6) is -6.01. The fourth-order valence-electron chi connectivity index (χ4n) is 5.26. The molecule has 9 nitrogen and oxygen atoms in total. The first kappa shape index (κ1) is 25.0. The first-order valence-corrected chi connectivity index (χ1v) is 11.3. The maximum Gasteiger partial charge on any atom is 0.417 e. The SMILES string of the molecule is C[C@@H]1C[C@@H]2C[C@](c3nnc(C(C)(F)F)o3)(C1)N2C(=O)Nc1cc(-c2ncn(C)n2)c(C(F)(F)F)cc1F. The summed E-state index contributed by atoms with van der Waals surface area (Å²) in [6, 6.07) is -0.0945. The van der Waals surface area contributed by atoms with E-state index in [-0.39, 0.29) is 29.7 Å². The molecule has 4 heterocycles. The molecule has 2 aliphatic heterocycles. The largest absolute Gasteiger partial charge is 0.417 e. The smallest absolute Gasteiger partial charge is 0.417 e. The van der Waals surface area contributed by atoms with E-state index in [1.807, 2.05) is 6.92 Å². The summed E-state index contributed by atoms with van der Waals surface area (Å²) in [5.41, 5.74) is -3.56. The summed E-state index contributed by atoms with van der Waals surface area (Å²) >= 11 is 0. The van der Waals surface area contributed by atoms with Crippen molar-refractivity contribution in [1.29, 1.82) is 0 Å². The molecule has 2 aromatic heterocycles. The Morgan fingerprint density at radius 3 is 2.51 bits per heavy atom. The first-order valence-electron chi connectivity index (χ1n) is 11.3. The lowest BCUT2D eigenvalue weighted by Gasteiger charge is -2.61. The van der Waals surface area contributed by atoms with E-state index in [0.29, 0.717) is 26.2 Å². The number of nitrogens with one attached hydrogen (secondary N) is 1. The number of anilines is 1. The van der Waals surface area contributed by atoms with Gasteiger partial charge in [-0.25, -0.2) is 14.2 Å². The molecule has 2 bridgehead atoms. The molecule has 37 heavy (non-hydrogen) atoms. The van der Waals surface area contributed by atoms with E-state index >= 15 is 0 Å². The molecule has 6 rings (SSSR count). The van der Waals surface area contributed by atoms with Crippen LogP contribution < -0.4 is 5.32 Å². The Balaban J connectivity index is 1.50. The highest BCUT2D eigenvalue weighted by Crippen LogP contribution is 2.56. The Bertz CT molecular complexity index is 1360. The number of aromatic nitrogens is 5. The van der Waals surface area contributed by atoms with Gasteiger partial charge in [-0.15, -0.1) is 10.2 Å². The van der Waals surface area contributed by atoms with Gasteiger partial charge in [0.15, 0.2) is 5.82 Å². The van der Waals surface area contributed by atoms with Crippen LogP contribution in [0.3, 0.4) is 0 Å². The van der Waals surface area contributed by atoms with E-state index in [1.54, 1.807) is 0 Å².